The summed E-state index contributed by atoms with van der Waals surface area (Å²) in [5, 5.41) is 0. The molecule has 3 heteroatoms. The number of rotatable bonds is 2. The molecule has 3 nitrogen and oxygen atoms in total. The average molecular weight is 297 g/mol. The molecule has 0 unspecified atom stereocenters. The number of fused-ring (bicyclic) bond motifs is 1. The van der Waals surface area contributed by atoms with E-state index >= 15 is 0 Å². The van der Waals surface area contributed by atoms with E-state index < -0.39 is 0 Å². The summed E-state index contributed by atoms with van der Waals surface area (Å²) in [6, 6.07) is 5.66. The zero-order valence-electron chi connectivity index (χ0n) is 13.4. The Hall–Kier alpha value is -1.90. The first-order valence-corrected chi connectivity index (χ1v) is 8.11. The summed E-state index contributed by atoms with van der Waals surface area (Å²) in [5.41, 5.74) is 4.11. The molecule has 1 aliphatic carbocycles. The normalized spacial score (nSPS) is 22.2. The Morgan fingerprint density at radius 3 is 2.77 bits per heavy atom. The van der Waals surface area contributed by atoms with Crippen LogP contribution in [0.5, 0.6) is 0 Å². The minimum atomic E-state index is -0.279. The predicted octanol–water partition coefficient (Wildman–Crippen LogP) is 3.83. The molecule has 1 amide bonds. The number of hydrogen-bond acceptors (Lipinski definition) is 2. The van der Waals surface area contributed by atoms with Crippen LogP contribution in [0.2, 0.25) is 0 Å². The fraction of sp³-hybridized carbons (Fsp3) is 0.474. The highest BCUT2D eigenvalue weighted by Gasteiger charge is 2.37. The number of nitrogens with zero attached hydrogens (tertiary/aromatic N) is 1. The highest BCUT2D eigenvalue weighted by molar-refractivity contribution is 6.02. The fourth-order valence-corrected chi connectivity index (χ4v) is 3.66. The van der Waals surface area contributed by atoms with E-state index in [4.69, 9.17) is 0 Å². The van der Waals surface area contributed by atoms with Gasteiger partial charge in [0.2, 0.25) is 0 Å². The molecule has 116 valence electrons. The third-order valence-corrected chi connectivity index (χ3v) is 4.83. The lowest BCUT2D eigenvalue weighted by molar-refractivity contribution is -0.122. The van der Waals surface area contributed by atoms with Crippen LogP contribution < -0.4 is 0 Å². The highest BCUT2D eigenvalue weighted by atomic mass is 16.2. The molecule has 1 heterocycles. The van der Waals surface area contributed by atoms with E-state index in [9.17, 15) is 9.59 Å². The van der Waals surface area contributed by atoms with Crippen molar-refractivity contribution in [3.8, 4) is 0 Å². The highest BCUT2D eigenvalue weighted by Crippen LogP contribution is 2.34. The number of amides is 1. The summed E-state index contributed by atoms with van der Waals surface area (Å²) in [6.07, 6.45) is 3.01. The van der Waals surface area contributed by atoms with Crippen molar-refractivity contribution < 1.29 is 9.59 Å². The lowest BCUT2D eigenvalue weighted by Gasteiger charge is -2.25. The monoisotopic (exact) mass is 297 g/mol. The van der Waals surface area contributed by atoms with Crippen LogP contribution in [0.25, 0.3) is 0 Å². The molecule has 2 aliphatic rings. The number of hydrogen-bond donors (Lipinski definition) is 0. The number of carbonyl (C=O) groups is 2. The van der Waals surface area contributed by atoms with Gasteiger partial charge in [0.25, 0.3) is 5.91 Å². The molecule has 0 spiro atoms. The van der Waals surface area contributed by atoms with Crippen molar-refractivity contribution in [1.82, 2.24) is 4.90 Å². The number of ketones is 1. The maximum Gasteiger partial charge on any atom is 0.255 e. The van der Waals surface area contributed by atoms with E-state index in [-0.39, 0.29) is 17.7 Å². The first kappa shape index (κ1) is 15.0. The van der Waals surface area contributed by atoms with Gasteiger partial charge in [-0.05, 0) is 42.4 Å². The van der Waals surface area contributed by atoms with Crippen molar-refractivity contribution >= 4 is 11.7 Å². The second-order valence-corrected chi connectivity index (χ2v) is 6.76. The molecular formula is C19H23NO2. The average Bonchev–Trinajstić information content (AvgIpc) is 2.70. The Labute approximate surface area is 132 Å². The smallest absolute Gasteiger partial charge is 0.255 e. The van der Waals surface area contributed by atoms with Crippen LogP contribution in [0.15, 0.2) is 30.4 Å². The summed E-state index contributed by atoms with van der Waals surface area (Å²) in [7, 11) is 0. The predicted molar refractivity (Wildman–Crippen MR) is 86.8 cm³/mol. The SMILES string of the molecule is C=C1CCC[C@H](N2Cc3c(cccc3C(C)C)C2=O)C(=O)C1. The van der Waals surface area contributed by atoms with Gasteiger partial charge in [-0.2, -0.15) is 0 Å². The maximum atomic E-state index is 12.8. The first-order chi connectivity index (χ1) is 10.5. The number of allylic oxidation sites excluding steroid dienone is 1. The van der Waals surface area contributed by atoms with Crippen LogP contribution >= 0.6 is 0 Å². The number of Topliss-reactive ketones (excluding diaryl/α,β-unsaturated/α-hetero) is 1. The molecule has 0 bridgehead atoms. The van der Waals surface area contributed by atoms with Gasteiger partial charge < -0.3 is 4.90 Å². The third-order valence-electron chi connectivity index (χ3n) is 4.83. The Morgan fingerprint density at radius 1 is 1.27 bits per heavy atom. The van der Waals surface area contributed by atoms with Gasteiger partial charge in [-0.25, -0.2) is 0 Å². The van der Waals surface area contributed by atoms with Crippen LogP contribution in [-0.2, 0) is 11.3 Å². The Morgan fingerprint density at radius 2 is 2.05 bits per heavy atom. The number of carbonyl (C=O) groups excluding carboxylic acids is 2. The molecule has 1 saturated carbocycles. The summed E-state index contributed by atoms with van der Waals surface area (Å²) in [5.74, 6) is 0.547. The molecular weight excluding hydrogens is 274 g/mol. The lowest BCUT2D eigenvalue weighted by Crippen LogP contribution is -2.40. The van der Waals surface area contributed by atoms with Gasteiger partial charge >= 0.3 is 0 Å². The van der Waals surface area contributed by atoms with Gasteiger partial charge in [-0.1, -0.05) is 38.1 Å². The van der Waals surface area contributed by atoms with E-state index in [1.54, 1.807) is 4.90 Å². The molecule has 0 aromatic heterocycles. The summed E-state index contributed by atoms with van der Waals surface area (Å²) < 4.78 is 0. The van der Waals surface area contributed by atoms with Crippen molar-refractivity contribution in [2.75, 3.05) is 0 Å². The molecule has 1 aromatic rings. The second kappa shape index (κ2) is 5.71. The first-order valence-electron chi connectivity index (χ1n) is 8.11. The van der Waals surface area contributed by atoms with Gasteiger partial charge in [0.05, 0.1) is 6.04 Å². The van der Waals surface area contributed by atoms with Gasteiger partial charge in [0, 0.05) is 18.5 Å². The quantitative estimate of drug-likeness (QED) is 0.614. The molecule has 1 atom stereocenters. The van der Waals surface area contributed by atoms with Crippen LogP contribution in [-0.4, -0.2) is 22.6 Å². The van der Waals surface area contributed by atoms with Crippen molar-refractivity contribution in [1.29, 1.82) is 0 Å². The number of benzene rings is 1. The van der Waals surface area contributed by atoms with E-state index in [0.717, 1.165) is 36.0 Å². The molecule has 0 N–H and O–H groups in total. The third kappa shape index (κ3) is 2.49. The van der Waals surface area contributed by atoms with Crippen molar-refractivity contribution in [2.45, 2.75) is 58.0 Å². The Kier molecular flexibility index (Phi) is 3.90. The molecule has 0 saturated heterocycles. The minimum absolute atomic E-state index is 0.0170. The standard InChI is InChI=1S/C19H23NO2/c1-12(2)14-7-5-8-15-16(14)11-20(19(15)22)17-9-4-6-13(3)10-18(17)21/h5,7-8,12,17H,3-4,6,9-11H2,1-2H3/t17-/m0/s1. The van der Waals surface area contributed by atoms with E-state index in [1.165, 1.54) is 5.56 Å². The summed E-state index contributed by atoms with van der Waals surface area (Å²) in [4.78, 5) is 27.0. The zero-order valence-corrected chi connectivity index (χ0v) is 13.4. The minimum Gasteiger partial charge on any atom is -0.324 e. The van der Waals surface area contributed by atoms with Gasteiger partial charge in [0.1, 0.15) is 0 Å². The molecule has 1 aromatic carbocycles. The van der Waals surface area contributed by atoms with E-state index in [2.05, 4.69) is 26.5 Å². The maximum absolute atomic E-state index is 12.8. The van der Waals surface area contributed by atoms with Crippen molar-refractivity contribution in [2.24, 2.45) is 0 Å². The van der Waals surface area contributed by atoms with Gasteiger partial charge in [-0.15, -0.1) is 0 Å². The Bertz CT molecular complexity index is 645. The van der Waals surface area contributed by atoms with Gasteiger partial charge in [-0.3, -0.25) is 9.59 Å². The van der Waals surface area contributed by atoms with Crippen molar-refractivity contribution in [3.05, 3.63) is 47.0 Å². The van der Waals surface area contributed by atoms with Crippen LogP contribution in [0.4, 0.5) is 0 Å². The lowest BCUT2D eigenvalue weighted by atomic mass is 9.95. The summed E-state index contributed by atoms with van der Waals surface area (Å²) in [6.45, 7) is 8.82. The van der Waals surface area contributed by atoms with Crippen LogP contribution in [0, 0.1) is 0 Å². The van der Waals surface area contributed by atoms with E-state index in [1.807, 2.05) is 12.1 Å². The largest absolute Gasteiger partial charge is 0.324 e. The van der Waals surface area contributed by atoms with Gasteiger partial charge in [0.15, 0.2) is 5.78 Å². The van der Waals surface area contributed by atoms with Crippen LogP contribution in [0.3, 0.4) is 0 Å². The fourth-order valence-electron chi connectivity index (χ4n) is 3.66. The molecule has 1 fully saturated rings. The second-order valence-electron chi connectivity index (χ2n) is 6.76. The molecule has 1 aliphatic heterocycles. The van der Waals surface area contributed by atoms with Crippen molar-refractivity contribution in [3.63, 3.8) is 0 Å². The molecule has 22 heavy (non-hydrogen) atoms. The molecule has 3 rings (SSSR count). The van der Waals surface area contributed by atoms with Crippen LogP contribution in [0.1, 0.15) is 66.9 Å². The zero-order chi connectivity index (χ0) is 15.9. The topological polar surface area (TPSA) is 37.4 Å². The van der Waals surface area contributed by atoms with E-state index in [0.29, 0.717) is 18.9 Å². The summed E-state index contributed by atoms with van der Waals surface area (Å²) >= 11 is 0. The molecule has 0 radical (unpaired) electrons. The Balaban J connectivity index is 1.92.